The Labute approximate surface area is 159 Å². The molecular formula is C21H16BrFO3. The Hall–Kier alpha value is -2.66. The average molecular weight is 415 g/mol. The first kappa shape index (κ1) is 18.1. The van der Waals surface area contributed by atoms with E-state index in [1.807, 2.05) is 60.7 Å². The molecule has 0 aliphatic rings. The highest BCUT2D eigenvalue weighted by Gasteiger charge is 2.22. The van der Waals surface area contributed by atoms with E-state index in [2.05, 4.69) is 15.9 Å². The molecule has 0 amide bonds. The summed E-state index contributed by atoms with van der Waals surface area (Å²) in [6.07, 6.45) is 0. The molecule has 0 heterocycles. The maximum absolute atomic E-state index is 14.5. The fourth-order valence-corrected chi connectivity index (χ4v) is 2.70. The first-order valence-corrected chi connectivity index (χ1v) is 8.80. The fourth-order valence-electron chi connectivity index (χ4n) is 2.37. The quantitative estimate of drug-likeness (QED) is 0.497. The molecule has 3 aromatic carbocycles. The average Bonchev–Trinajstić information content (AvgIpc) is 2.68. The summed E-state index contributed by atoms with van der Waals surface area (Å²) >= 11 is 3.10. The number of ether oxygens (including phenoxy) is 2. The van der Waals surface area contributed by atoms with Crippen LogP contribution < -0.4 is 4.74 Å². The minimum atomic E-state index is -0.768. The lowest BCUT2D eigenvalue weighted by atomic mass is 10.2. The maximum atomic E-state index is 14.5. The topological polar surface area (TPSA) is 35.5 Å². The van der Waals surface area contributed by atoms with E-state index in [0.29, 0.717) is 0 Å². The van der Waals surface area contributed by atoms with E-state index in [4.69, 9.17) is 9.47 Å². The summed E-state index contributed by atoms with van der Waals surface area (Å²) in [6.45, 7) is 0.282. The van der Waals surface area contributed by atoms with Crippen molar-refractivity contribution in [2.24, 2.45) is 0 Å². The minimum absolute atomic E-state index is 0.0593. The van der Waals surface area contributed by atoms with Gasteiger partial charge in [0, 0.05) is 0 Å². The van der Waals surface area contributed by atoms with Crippen LogP contribution in [0.1, 0.15) is 21.5 Å². The molecule has 0 bridgehead atoms. The largest absolute Gasteiger partial charge is 0.488 e. The zero-order valence-corrected chi connectivity index (χ0v) is 15.4. The normalized spacial score (nSPS) is 10.4. The zero-order chi connectivity index (χ0) is 18.4. The second-order valence-electron chi connectivity index (χ2n) is 5.57. The second kappa shape index (κ2) is 8.63. The van der Waals surface area contributed by atoms with Gasteiger partial charge >= 0.3 is 5.97 Å². The van der Waals surface area contributed by atoms with Crippen molar-refractivity contribution in [2.75, 3.05) is 0 Å². The molecular weight excluding hydrogens is 399 g/mol. The van der Waals surface area contributed by atoms with Crippen molar-refractivity contribution in [1.29, 1.82) is 0 Å². The predicted octanol–water partition coefficient (Wildman–Crippen LogP) is 5.52. The van der Waals surface area contributed by atoms with E-state index < -0.39 is 11.8 Å². The maximum Gasteiger partial charge on any atom is 0.345 e. The molecule has 0 atom stereocenters. The Morgan fingerprint density at radius 3 is 2.04 bits per heavy atom. The number of hydrogen-bond donors (Lipinski definition) is 0. The number of hydrogen-bond acceptors (Lipinski definition) is 3. The molecule has 0 aliphatic carbocycles. The third-order valence-electron chi connectivity index (χ3n) is 3.71. The van der Waals surface area contributed by atoms with E-state index in [-0.39, 0.29) is 29.0 Å². The Morgan fingerprint density at radius 1 is 0.846 bits per heavy atom. The van der Waals surface area contributed by atoms with Crippen molar-refractivity contribution in [1.82, 2.24) is 0 Å². The SMILES string of the molecule is O=C(OCc1ccccc1)c1c(OCc2ccccc2)ccc(Br)c1F. The minimum Gasteiger partial charge on any atom is -0.488 e. The van der Waals surface area contributed by atoms with Gasteiger partial charge in [0.1, 0.15) is 24.5 Å². The highest BCUT2D eigenvalue weighted by Crippen LogP contribution is 2.29. The molecule has 0 aliphatic heterocycles. The second-order valence-corrected chi connectivity index (χ2v) is 6.42. The van der Waals surface area contributed by atoms with Crippen LogP contribution in [-0.4, -0.2) is 5.97 Å². The number of carbonyl (C=O) groups is 1. The van der Waals surface area contributed by atoms with Gasteiger partial charge in [-0.05, 0) is 39.2 Å². The van der Waals surface area contributed by atoms with Crippen molar-refractivity contribution in [3.05, 3.63) is 99.8 Å². The van der Waals surface area contributed by atoms with Crippen LogP contribution in [0.15, 0.2) is 77.3 Å². The van der Waals surface area contributed by atoms with Gasteiger partial charge in [0.05, 0.1) is 4.47 Å². The molecule has 26 heavy (non-hydrogen) atoms. The summed E-state index contributed by atoms with van der Waals surface area (Å²) in [5.41, 5.74) is 1.52. The Balaban J connectivity index is 1.77. The number of benzene rings is 3. The Morgan fingerprint density at radius 2 is 1.42 bits per heavy atom. The van der Waals surface area contributed by atoms with Gasteiger partial charge in [-0.15, -0.1) is 0 Å². The summed E-state index contributed by atoms with van der Waals surface area (Å²) in [5.74, 6) is -1.32. The van der Waals surface area contributed by atoms with Gasteiger partial charge in [-0.2, -0.15) is 0 Å². The number of rotatable bonds is 6. The molecule has 0 saturated carbocycles. The van der Waals surface area contributed by atoms with Crippen LogP contribution in [0.2, 0.25) is 0 Å². The van der Waals surface area contributed by atoms with Crippen LogP contribution in [0.3, 0.4) is 0 Å². The van der Waals surface area contributed by atoms with Crippen molar-refractivity contribution in [3.8, 4) is 5.75 Å². The summed E-state index contributed by atoms with van der Waals surface area (Å²) in [6, 6.07) is 21.7. The Kier molecular flexibility index (Phi) is 6.02. The van der Waals surface area contributed by atoms with Gasteiger partial charge in [-0.25, -0.2) is 9.18 Å². The Bertz CT molecular complexity index is 883. The van der Waals surface area contributed by atoms with E-state index in [1.54, 1.807) is 6.07 Å². The molecule has 5 heteroatoms. The summed E-state index contributed by atoms with van der Waals surface area (Å²) in [4.78, 5) is 12.5. The van der Waals surface area contributed by atoms with E-state index in [9.17, 15) is 9.18 Å². The molecule has 0 fully saturated rings. The monoisotopic (exact) mass is 414 g/mol. The smallest absolute Gasteiger partial charge is 0.345 e. The first-order chi connectivity index (χ1) is 12.6. The number of halogens is 2. The predicted molar refractivity (Wildman–Crippen MR) is 100 cm³/mol. The first-order valence-electron chi connectivity index (χ1n) is 8.01. The molecule has 0 N–H and O–H groups in total. The summed E-state index contributed by atoms with van der Waals surface area (Å²) < 4.78 is 25.6. The molecule has 3 aromatic rings. The van der Waals surface area contributed by atoms with Crippen LogP contribution in [0, 0.1) is 5.82 Å². The molecule has 132 valence electrons. The molecule has 3 rings (SSSR count). The van der Waals surface area contributed by atoms with Gasteiger partial charge in [0.25, 0.3) is 0 Å². The molecule has 0 saturated heterocycles. The highest BCUT2D eigenvalue weighted by atomic mass is 79.9. The number of esters is 1. The van der Waals surface area contributed by atoms with Crippen LogP contribution >= 0.6 is 15.9 Å². The summed E-state index contributed by atoms with van der Waals surface area (Å²) in [7, 11) is 0. The van der Waals surface area contributed by atoms with Crippen molar-refractivity contribution in [3.63, 3.8) is 0 Å². The number of carbonyl (C=O) groups excluding carboxylic acids is 1. The van der Waals surface area contributed by atoms with Crippen LogP contribution in [-0.2, 0) is 18.0 Å². The lowest BCUT2D eigenvalue weighted by molar-refractivity contribution is 0.0461. The van der Waals surface area contributed by atoms with E-state index in [1.165, 1.54) is 6.07 Å². The molecule has 0 aromatic heterocycles. The third-order valence-corrected chi connectivity index (χ3v) is 4.32. The highest BCUT2D eigenvalue weighted by molar-refractivity contribution is 9.10. The van der Waals surface area contributed by atoms with Gasteiger partial charge in [0.15, 0.2) is 5.82 Å². The summed E-state index contributed by atoms with van der Waals surface area (Å²) in [5, 5.41) is 0. The van der Waals surface area contributed by atoms with E-state index in [0.717, 1.165) is 11.1 Å². The molecule has 0 unspecified atom stereocenters. The molecule has 0 spiro atoms. The van der Waals surface area contributed by atoms with Gasteiger partial charge in [-0.3, -0.25) is 0 Å². The zero-order valence-electron chi connectivity index (χ0n) is 13.8. The van der Waals surface area contributed by atoms with Crippen LogP contribution in [0.5, 0.6) is 5.75 Å². The lowest BCUT2D eigenvalue weighted by Gasteiger charge is -2.13. The van der Waals surface area contributed by atoms with Gasteiger partial charge in [0.2, 0.25) is 0 Å². The molecule has 3 nitrogen and oxygen atoms in total. The van der Waals surface area contributed by atoms with Crippen LogP contribution in [0.25, 0.3) is 0 Å². The molecule has 0 radical (unpaired) electrons. The standard InChI is InChI=1S/C21H16BrFO3/c22-17-11-12-18(25-13-15-7-3-1-4-8-15)19(20(17)23)21(24)26-14-16-9-5-2-6-10-16/h1-12H,13-14H2. The van der Waals surface area contributed by atoms with Crippen molar-refractivity contribution in [2.45, 2.75) is 13.2 Å². The van der Waals surface area contributed by atoms with Crippen molar-refractivity contribution >= 4 is 21.9 Å². The van der Waals surface area contributed by atoms with E-state index >= 15 is 0 Å². The van der Waals surface area contributed by atoms with Crippen molar-refractivity contribution < 1.29 is 18.7 Å². The van der Waals surface area contributed by atoms with Crippen LogP contribution in [0.4, 0.5) is 4.39 Å². The van der Waals surface area contributed by atoms with Gasteiger partial charge in [-0.1, -0.05) is 60.7 Å². The van der Waals surface area contributed by atoms with Gasteiger partial charge < -0.3 is 9.47 Å². The third kappa shape index (κ3) is 4.49. The lowest BCUT2D eigenvalue weighted by Crippen LogP contribution is -2.11. The fraction of sp³-hybridized carbons (Fsp3) is 0.0952.